The van der Waals surface area contributed by atoms with E-state index in [0.717, 1.165) is 23.2 Å². The van der Waals surface area contributed by atoms with Crippen LogP contribution in [-0.4, -0.2) is 5.11 Å². The quantitative estimate of drug-likeness (QED) is 0.694. The molecule has 2 nitrogen and oxygen atoms in total. The van der Waals surface area contributed by atoms with Crippen molar-refractivity contribution in [1.82, 2.24) is 5.32 Å². The van der Waals surface area contributed by atoms with Gasteiger partial charge in [0.25, 0.3) is 0 Å². The van der Waals surface area contributed by atoms with Crippen molar-refractivity contribution in [1.29, 1.82) is 0 Å². The summed E-state index contributed by atoms with van der Waals surface area (Å²) in [5, 5.41) is 7.90. The van der Waals surface area contributed by atoms with E-state index in [9.17, 15) is 0 Å². The first-order valence-electron chi connectivity index (χ1n) is 7.81. The second-order valence-electron chi connectivity index (χ2n) is 5.91. The molecular formula is C19H23ClN2S. The molecule has 0 unspecified atom stereocenters. The molecule has 23 heavy (non-hydrogen) atoms. The van der Waals surface area contributed by atoms with Crippen LogP contribution in [0.15, 0.2) is 36.4 Å². The molecule has 122 valence electrons. The second kappa shape index (κ2) is 7.80. The van der Waals surface area contributed by atoms with E-state index in [1.807, 2.05) is 19.9 Å². The van der Waals surface area contributed by atoms with Gasteiger partial charge in [-0.3, -0.25) is 0 Å². The van der Waals surface area contributed by atoms with Crippen molar-refractivity contribution in [2.75, 3.05) is 5.32 Å². The number of aryl methyl sites for hydroxylation is 3. The van der Waals surface area contributed by atoms with Gasteiger partial charge in [-0.25, -0.2) is 0 Å². The van der Waals surface area contributed by atoms with E-state index in [2.05, 4.69) is 54.8 Å². The van der Waals surface area contributed by atoms with Crippen molar-refractivity contribution >= 4 is 34.6 Å². The molecule has 0 aromatic heterocycles. The van der Waals surface area contributed by atoms with Gasteiger partial charge < -0.3 is 10.6 Å². The maximum atomic E-state index is 6.33. The minimum atomic E-state index is 0.181. The number of rotatable bonds is 4. The predicted octanol–water partition coefficient (Wildman–Crippen LogP) is 5.70. The van der Waals surface area contributed by atoms with Gasteiger partial charge in [-0.05, 0) is 62.2 Å². The molecule has 0 saturated heterocycles. The summed E-state index contributed by atoms with van der Waals surface area (Å²) in [6, 6.07) is 12.7. The van der Waals surface area contributed by atoms with Crippen LogP contribution in [0.1, 0.15) is 41.6 Å². The number of halogens is 1. The van der Waals surface area contributed by atoms with Gasteiger partial charge in [0, 0.05) is 0 Å². The SMILES string of the molecule is CC[C@@H](NC(=S)Nc1c(C)cc(C)cc1Cl)c1ccc(C)cc1. The third-order valence-electron chi connectivity index (χ3n) is 3.86. The first-order chi connectivity index (χ1) is 10.9. The van der Waals surface area contributed by atoms with E-state index < -0.39 is 0 Å². The summed E-state index contributed by atoms with van der Waals surface area (Å²) in [5.74, 6) is 0. The lowest BCUT2D eigenvalue weighted by molar-refractivity contribution is 0.629. The zero-order valence-electron chi connectivity index (χ0n) is 14.0. The minimum Gasteiger partial charge on any atom is -0.356 e. The van der Waals surface area contributed by atoms with Crippen LogP contribution in [0, 0.1) is 20.8 Å². The molecule has 0 radical (unpaired) electrons. The van der Waals surface area contributed by atoms with Crippen LogP contribution in [0.3, 0.4) is 0 Å². The Bertz CT molecular complexity index is 672. The Balaban J connectivity index is 2.10. The van der Waals surface area contributed by atoms with Crippen LogP contribution in [0.4, 0.5) is 5.69 Å². The lowest BCUT2D eigenvalue weighted by atomic mass is 10.0. The third kappa shape index (κ3) is 4.69. The standard InChI is InChI=1S/C19H23ClN2S/c1-5-17(15-8-6-12(2)7-9-15)21-19(23)22-18-14(4)10-13(3)11-16(18)20/h6-11,17H,5H2,1-4H3,(H2,21,22,23)/t17-/m1/s1. The lowest BCUT2D eigenvalue weighted by Gasteiger charge is -2.21. The fraction of sp³-hybridized carbons (Fsp3) is 0.316. The molecule has 0 aliphatic rings. The molecule has 0 saturated carbocycles. The zero-order chi connectivity index (χ0) is 17.0. The van der Waals surface area contributed by atoms with E-state index in [-0.39, 0.29) is 6.04 Å². The number of hydrogen-bond donors (Lipinski definition) is 2. The van der Waals surface area contributed by atoms with Crippen molar-refractivity contribution in [3.05, 3.63) is 63.7 Å². The van der Waals surface area contributed by atoms with Gasteiger partial charge in [-0.15, -0.1) is 0 Å². The average Bonchev–Trinajstić information content (AvgIpc) is 2.49. The summed E-state index contributed by atoms with van der Waals surface area (Å²) in [6.07, 6.45) is 0.950. The molecule has 0 amide bonds. The molecule has 1 atom stereocenters. The highest BCUT2D eigenvalue weighted by Crippen LogP contribution is 2.27. The van der Waals surface area contributed by atoms with E-state index in [1.54, 1.807) is 0 Å². The van der Waals surface area contributed by atoms with Gasteiger partial charge in [0.05, 0.1) is 16.8 Å². The van der Waals surface area contributed by atoms with Crippen LogP contribution in [0.5, 0.6) is 0 Å². The topological polar surface area (TPSA) is 24.1 Å². The van der Waals surface area contributed by atoms with Crippen LogP contribution in [0.2, 0.25) is 5.02 Å². The van der Waals surface area contributed by atoms with Crippen molar-refractivity contribution in [2.24, 2.45) is 0 Å². The summed E-state index contributed by atoms with van der Waals surface area (Å²) in [5.41, 5.74) is 5.58. The van der Waals surface area contributed by atoms with E-state index in [4.69, 9.17) is 23.8 Å². The normalized spacial score (nSPS) is 11.9. The van der Waals surface area contributed by atoms with Gasteiger partial charge in [0.15, 0.2) is 5.11 Å². The van der Waals surface area contributed by atoms with Crippen LogP contribution in [-0.2, 0) is 0 Å². The van der Waals surface area contributed by atoms with Crippen molar-refractivity contribution < 1.29 is 0 Å². The van der Waals surface area contributed by atoms with Gasteiger partial charge in [-0.1, -0.05) is 54.4 Å². The summed E-state index contributed by atoms with van der Waals surface area (Å²) < 4.78 is 0. The highest BCUT2D eigenvalue weighted by molar-refractivity contribution is 7.80. The van der Waals surface area contributed by atoms with Gasteiger partial charge in [0.1, 0.15) is 0 Å². The third-order valence-corrected chi connectivity index (χ3v) is 4.38. The molecular weight excluding hydrogens is 324 g/mol. The van der Waals surface area contributed by atoms with Crippen molar-refractivity contribution in [3.63, 3.8) is 0 Å². The Kier molecular flexibility index (Phi) is 6.03. The Morgan fingerprint density at radius 1 is 1.09 bits per heavy atom. The Morgan fingerprint density at radius 2 is 1.74 bits per heavy atom. The van der Waals surface area contributed by atoms with Crippen molar-refractivity contribution in [2.45, 2.75) is 40.2 Å². The number of anilines is 1. The summed E-state index contributed by atoms with van der Waals surface area (Å²) >= 11 is 11.8. The van der Waals surface area contributed by atoms with Crippen LogP contribution < -0.4 is 10.6 Å². The maximum Gasteiger partial charge on any atom is 0.171 e. The van der Waals surface area contributed by atoms with Crippen LogP contribution in [0.25, 0.3) is 0 Å². The van der Waals surface area contributed by atoms with Gasteiger partial charge in [-0.2, -0.15) is 0 Å². The molecule has 2 aromatic rings. The predicted molar refractivity (Wildman–Crippen MR) is 104 cm³/mol. The fourth-order valence-electron chi connectivity index (χ4n) is 2.60. The maximum absolute atomic E-state index is 6.33. The smallest absolute Gasteiger partial charge is 0.171 e. The molecule has 2 N–H and O–H groups in total. The number of nitrogens with one attached hydrogen (secondary N) is 2. The Hall–Kier alpha value is -1.58. The molecule has 0 fully saturated rings. The molecule has 0 aliphatic heterocycles. The van der Waals surface area contributed by atoms with Gasteiger partial charge in [0.2, 0.25) is 0 Å². The monoisotopic (exact) mass is 346 g/mol. The van der Waals surface area contributed by atoms with Gasteiger partial charge >= 0.3 is 0 Å². The summed E-state index contributed by atoms with van der Waals surface area (Å²) in [4.78, 5) is 0. The molecule has 0 aliphatic carbocycles. The molecule has 0 bridgehead atoms. The molecule has 2 aromatic carbocycles. The Morgan fingerprint density at radius 3 is 2.30 bits per heavy atom. The molecule has 4 heteroatoms. The first kappa shape index (κ1) is 17.8. The number of benzene rings is 2. The van der Waals surface area contributed by atoms with Crippen molar-refractivity contribution in [3.8, 4) is 0 Å². The zero-order valence-corrected chi connectivity index (χ0v) is 15.6. The fourth-order valence-corrected chi connectivity index (χ4v) is 3.21. The number of thiocarbonyl (C=S) groups is 1. The molecule has 0 spiro atoms. The first-order valence-corrected chi connectivity index (χ1v) is 8.60. The molecule has 0 heterocycles. The minimum absolute atomic E-state index is 0.181. The van der Waals surface area contributed by atoms with E-state index >= 15 is 0 Å². The molecule has 2 rings (SSSR count). The largest absolute Gasteiger partial charge is 0.356 e. The highest BCUT2D eigenvalue weighted by atomic mass is 35.5. The highest BCUT2D eigenvalue weighted by Gasteiger charge is 2.12. The summed E-state index contributed by atoms with van der Waals surface area (Å²) in [7, 11) is 0. The lowest BCUT2D eigenvalue weighted by Crippen LogP contribution is -2.32. The second-order valence-corrected chi connectivity index (χ2v) is 6.72. The Labute approximate surface area is 149 Å². The average molecular weight is 347 g/mol. The number of hydrogen-bond acceptors (Lipinski definition) is 1. The van der Waals surface area contributed by atoms with E-state index in [0.29, 0.717) is 10.1 Å². The van der Waals surface area contributed by atoms with Crippen LogP contribution >= 0.6 is 23.8 Å². The van der Waals surface area contributed by atoms with E-state index in [1.165, 1.54) is 11.1 Å². The summed E-state index contributed by atoms with van der Waals surface area (Å²) in [6.45, 7) is 8.29.